The number of aryl methyl sites for hydroxylation is 3. The molecule has 2 rings (SSSR count). The van der Waals surface area contributed by atoms with Crippen molar-refractivity contribution < 1.29 is 14.3 Å². The largest absolute Gasteiger partial charge is 0.490 e. The first kappa shape index (κ1) is 20.6. The molecule has 0 amide bonds. The molecular weight excluding hydrogens is 342 g/mol. The standard InChI is InChI=1S/C21H29N3O3/c1-7-8-10-26-18-12-15(2)19(16(3)13-18)9-11-27-21-14-20(24(5)22-21)17(4)23-25-6/h7-8,12-14H,9-11H2,1-6H3/b8-7+,23-17?. The highest BCUT2D eigenvalue weighted by Gasteiger charge is 2.11. The molecule has 0 bridgehead atoms. The van der Waals surface area contributed by atoms with Crippen LogP contribution in [0, 0.1) is 13.8 Å². The van der Waals surface area contributed by atoms with Gasteiger partial charge in [-0.3, -0.25) is 4.68 Å². The normalized spacial score (nSPS) is 11.9. The molecule has 6 nitrogen and oxygen atoms in total. The lowest BCUT2D eigenvalue weighted by Gasteiger charge is -2.13. The van der Waals surface area contributed by atoms with Gasteiger partial charge in [0.15, 0.2) is 0 Å². The highest BCUT2D eigenvalue weighted by Crippen LogP contribution is 2.23. The molecule has 146 valence electrons. The van der Waals surface area contributed by atoms with Gasteiger partial charge in [-0.1, -0.05) is 17.3 Å². The zero-order chi connectivity index (χ0) is 19.8. The third kappa shape index (κ3) is 5.61. The van der Waals surface area contributed by atoms with Crippen LogP contribution in [0.2, 0.25) is 0 Å². The number of oxime groups is 1. The van der Waals surface area contributed by atoms with E-state index in [1.807, 2.05) is 39.1 Å². The first-order chi connectivity index (χ1) is 13.0. The van der Waals surface area contributed by atoms with Crippen LogP contribution in [-0.4, -0.2) is 35.8 Å². The van der Waals surface area contributed by atoms with Gasteiger partial charge in [-0.2, -0.15) is 0 Å². The Hall–Kier alpha value is -2.76. The van der Waals surface area contributed by atoms with Crippen LogP contribution < -0.4 is 9.47 Å². The minimum absolute atomic E-state index is 0.553. The number of hydrogen-bond donors (Lipinski definition) is 0. The number of allylic oxidation sites excluding steroid dienone is 1. The van der Waals surface area contributed by atoms with Crippen LogP contribution in [0.3, 0.4) is 0 Å². The van der Waals surface area contributed by atoms with E-state index in [-0.39, 0.29) is 0 Å². The number of hydrogen-bond acceptors (Lipinski definition) is 5. The van der Waals surface area contributed by atoms with Crippen molar-refractivity contribution in [1.29, 1.82) is 0 Å². The highest BCUT2D eigenvalue weighted by atomic mass is 16.6. The SMILES string of the molecule is C/C=C/COc1cc(C)c(CCOc2cc(C(C)=NOC)n(C)n2)c(C)c1. The van der Waals surface area contributed by atoms with Gasteiger partial charge >= 0.3 is 0 Å². The van der Waals surface area contributed by atoms with Crippen molar-refractivity contribution in [2.75, 3.05) is 20.3 Å². The topological polar surface area (TPSA) is 57.9 Å². The number of ether oxygens (including phenoxy) is 2. The number of rotatable bonds is 9. The summed E-state index contributed by atoms with van der Waals surface area (Å²) in [5.74, 6) is 1.48. The minimum atomic E-state index is 0.553. The van der Waals surface area contributed by atoms with Crippen molar-refractivity contribution >= 4 is 5.71 Å². The van der Waals surface area contributed by atoms with E-state index in [1.54, 1.807) is 4.68 Å². The van der Waals surface area contributed by atoms with E-state index in [9.17, 15) is 0 Å². The Kier molecular flexibility index (Phi) is 7.46. The number of benzene rings is 1. The minimum Gasteiger partial charge on any atom is -0.490 e. The van der Waals surface area contributed by atoms with Crippen LogP contribution in [0.5, 0.6) is 11.6 Å². The van der Waals surface area contributed by atoms with Crippen molar-refractivity contribution in [2.45, 2.75) is 34.1 Å². The van der Waals surface area contributed by atoms with E-state index in [4.69, 9.17) is 14.3 Å². The second-order valence-corrected chi connectivity index (χ2v) is 6.36. The fourth-order valence-corrected chi connectivity index (χ4v) is 2.96. The Morgan fingerprint density at radius 3 is 2.52 bits per heavy atom. The molecule has 1 heterocycles. The summed E-state index contributed by atoms with van der Waals surface area (Å²) in [5.41, 5.74) is 5.31. The molecule has 1 aromatic carbocycles. The van der Waals surface area contributed by atoms with E-state index in [0.29, 0.717) is 19.1 Å². The number of nitrogens with zero attached hydrogens (tertiary/aromatic N) is 3. The molecule has 6 heteroatoms. The van der Waals surface area contributed by atoms with E-state index in [2.05, 4.69) is 36.2 Å². The lowest BCUT2D eigenvalue weighted by atomic mass is 10.00. The molecule has 1 aromatic heterocycles. The second kappa shape index (κ2) is 9.80. The highest BCUT2D eigenvalue weighted by molar-refractivity contribution is 5.97. The summed E-state index contributed by atoms with van der Waals surface area (Å²) in [6.07, 6.45) is 4.79. The molecule has 0 saturated heterocycles. The van der Waals surface area contributed by atoms with E-state index < -0.39 is 0 Å². The van der Waals surface area contributed by atoms with E-state index >= 15 is 0 Å². The van der Waals surface area contributed by atoms with Crippen molar-refractivity contribution in [3.05, 3.63) is 52.7 Å². The summed E-state index contributed by atoms with van der Waals surface area (Å²) >= 11 is 0. The smallest absolute Gasteiger partial charge is 0.233 e. The summed E-state index contributed by atoms with van der Waals surface area (Å²) in [7, 11) is 3.39. The van der Waals surface area contributed by atoms with Gasteiger partial charge in [0.2, 0.25) is 5.88 Å². The van der Waals surface area contributed by atoms with Gasteiger partial charge in [0.1, 0.15) is 25.2 Å². The maximum Gasteiger partial charge on any atom is 0.233 e. The van der Waals surface area contributed by atoms with Crippen LogP contribution in [0.4, 0.5) is 0 Å². The molecule has 0 spiro atoms. The van der Waals surface area contributed by atoms with Crippen LogP contribution in [0.15, 0.2) is 35.5 Å². The van der Waals surface area contributed by atoms with Gasteiger partial charge in [0.25, 0.3) is 0 Å². The first-order valence-corrected chi connectivity index (χ1v) is 9.05. The van der Waals surface area contributed by atoms with Crippen LogP contribution in [0.25, 0.3) is 0 Å². The van der Waals surface area contributed by atoms with Gasteiger partial charge < -0.3 is 14.3 Å². The van der Waals surface area contributed by atoms with Crippen LogP contribution in [-0.2, 0) is 18.3 Å². The third-order valence-electron chi connectivity index (χ3n) is 4.31. The Morgan fingerprint density at radius 2 is 1.89 bits per heavy atom. The van der Waals surface area contributed by atoms with Gasteiger partial charge in [-0.15, -0.1) is 5.10 Å². The van der Waals surface area contributed by atoms with E-state index in [0.717, 1.165) is 23.6 Å². The predicted molar refractivity (Wildman–Crippen MR) is 108 cm³/mol. The zero-order valence-corrected chi connectivity index (χ0v) is 17.1. The molecule has 0 unspecified atom stereocenters. The maximum absolute atomic E-state index is 5.85. The Morgan fingerprint density at radius 1 is 1.19 bits per heavy atom. The lowest BCUT2D eigenvalue weighted by molar-refractivity contribution is 0.213. The van der Waals surface area contributed by atoms with Gasteiger partial charge in [0.05, 0.1) is 12.3 Å². The fraction of sp³-hybridized carbons (Fsp3) is 0.429. The molecule has 27 heavy (non-hydrogen) atoms. The summed E-state index contributed by atoms with van der Waals surface area (Å²) in [5, 5.41) is 8.32. The van der Waals surface area contributed by atoms with Crippen LogP contribution in [0.1, 0.15) is 36.2 Å². The number of aromatic nitrogens is 2. The molecule has 0 N–H and O–H groups in total. The van der Waals surface area contributed by atoms with Crippen molar-refractivity contribution in [2.24, 2.45) is 12.2 Å². The van der Waals surface area contributed by atoms with E-state index in [1.165, 1.54) is 23.8 Å². The molecule has 0 aliphatic carbocycles. The summed E-state index contributed by atoms with van der Waals surface area (Å²) < 4.78 is 13.3. The molecule has 0 aliphatic rings. The van der Waals surface area contributed by atoms with Gasteiger partial charge in [0, 0.05) is 19.5 Å². The average molecular weight is 371 g/mol. The quantitative estimate of drug-likeness (QED) is 0.380. The fourth-order valence-electron chi connectivity index (χ4n) is 2.96. The van der Waals surface area contributed by atoms with Crippen molar-refractivity contribution in [3.8, 4) is 11.6 Å². The molecular formula is C21H29N3O3. The average Bonchev–Trinajstić information content (AvgIpc) is 2.98. The Balaban J connectivity index is 1.99. The summed E-state index contributed by atoms with van der Waals surface area (Å²) in [6.45, 7) is 9.21. The monoisotopic (exact) mass is 371 g/mol. The third-order valence-corrected chi connectivity index (χ3v) is 4.31. The molecule has 0 saturated carbocycles. The van der Waals surface area contributed by atoms with Crippen LogP contribution >= 0.6 is 0 Å². The first-order valence-electron chi connectivity index (χ1n) is 9.05. The van der Waals surface area contributed by atoms with Gasteiger partial charge in [-0.05, 0) is 56.5 Å². The predicted octanol–water partition coefficient (Wildman–Crippen LogP) is 3.98. The van der Waals surface area contributed by atoms with Gasteiger partial charge in [-0.25, -0.2) is 0 Å². The van der Waals surface area contributed by atoms with Crippen molar-refractivity contribution in [1.82, 2.24) is 9.78 Å². The molecule has 0 atom stereocenters. The second-order valence-electron chi connectivity index (χ2n) is 6.36. The molecule has 0 fully saturated rings. The Labute approximate surface area is 161 Å². The summed E-state index contributed by atoms with van der Waals surface area (Å²) in [4.78, 5) is 4.82. The van der Waals surface area contributed by atoms with Crippen molar-refractivity contribution in [3.63, 3.8) is 0 Å². The lowest BCUT2D eigenvalue weighted by Crippen LogP contribution is -2.06. The zero-order valence-electron chi connectivity index (χ0n) is 17.1. The molecule has 2 aromatic rings. The Bertz CT molecular complexity index is 799. The molecule has 0 aliphatic heterocycles. The summed E-state index contributed by atoms with van der Waals surface area (Å²) in [6, 6.07) is 6.03. The molecule has 0 radical (unpaired) electrons. The maximum atomic E-state index is 5.85.